The van der Waals surface area contributed by atoms with Crippen molar-refractivity contribution >= 4 is 17.8 Å². The van der Waals surface area contributed by atoms with Gasteiger partial charge in [-0.1, -0.05) is 43.2 Å². The topological polar surface area (TPSA) is 73.0 Å². The molecule has 0 bridgehead atoms. The van der Waals surface area contributed by atoms with Crippen molar-refractivity contribution in [3.05, 3.63) is 35.9 Å². The van der Waals surface area contributed by atoms with Crippen LogP contribution in [0.5, 0.6) is 0 Å². The van der Waals surface area contributed by atoms with Gasteiger partial charge in [0, 0.05) is 45.7 Å². The normalized spacial score (nSPS) is 22.2. The van der Waals surface area contributed by atoms with Crippen LogP contribution in [0.4, 0.5) is 4.79 Å². The fourth-order valence-electron chi connectivity index (χ4n) is 4.78. The maximum absolute atomic E-state index is 12.7. The lowest BCUT2D eigenvalue weighted by Gasteiger charge is -2.23. The molecule has 4 amide bonds. The average Bonchev–Trinajstić information content (AvgIpc) is 3.18. The molecule has 1 saturated carbocycles. The second kappa shape index (κ2) is 8.53. The lowest BCUT2D eigenvalue weighted by molar-refractivity contribution is -0.133. The minimum atomic E-state index is -0.694. The monoisotopic (exact) mass is 398 g/mol. The van der Waals surface area contributed by atoms with Gasteiger partial charge in [-0.05, 0) is 24.8 Å². The van der Waals surface area contributed by atoms with Gasteiger partial charge in [0.05, 0.1) is 0 Å². The maximum Gasteiger partial charge on any atom is 0.325 e. The van der Waals surface area contributed by atoms with Crippen molar-refractivity contribution in [2.45, 2.75) is 50.6 Å². The summed E-state index contributed by atoms with van der Waals surface area (Å²) in [7, 11) is 0. The van der Waals surface area contributed by atoms with E-state index < -0.39 is 5.54 Å². The molecule has 4 rings (SSSR count). The Morgan fingerprint density at radius 1 is 0.966 bits per heavy atom. The molecule has 2 saturated heterocycles. The van der Waals surface area contributed by atoms with E-state index in [2.05, 4.69) is 34.5 Å². The Balaban J connectivity index is 1.27. The molecule has 0 aromatic heterocycles. The van der Waals surface area contributed by atoms with Crippen molar-refractivity contribution < 1.29 is 14.4 Å². The zero-order valence-corrected chi connectivity index (χ0v) is 16.9. The molecule has 1 aromatic carbocycles. The Morgan fingerprint density at radius 3 is 2.48 bits per heavy atom. The van der Waals surface area contributed by atoms with E-state index in [1.807, 2.05) is 11.0 Å². The molecule has 7 nitrogen and oxygen atoms in total. The van der Waals surface area contributed by atoms with E-state index in [0.717, 1.165) is 45.4 Å². The van der Waals surface area contributed by atoms with E-state index >= 15 is 0 Å². The highest BCUT2D eigenvalue weighted by atomic mass is 16.2. The van der Waals surface area contributed by atoms with E-state index in [1.54, 1.807) is 0 Å². The van der Waals surface area contributed by atoms with Crippen molar-refractivity contribution in [1.29, 1.82) is 0 Å². The summed E-state index contributed by atoms with van der Waals surface area (Å²) in [4.78, 5) is 43.2. The molecule has 0 atom stereocenters. The fraction of sp³-hybridized carbons (Fsp3) is 0.591. The van der Waals surface area contributed by atoms with E-state index in [4.69, 9.17) is 0 Å². The zero-order valence-electron chi connectivity index (χ0n) is 16.9. The summed E-state index contributed by atoms with van der Waals surface area (Å²) in [5.41, 5.74) is 0.590. The summed E-state index contributed by atoms with van der Waals surface area (Å²) in [6.07, 6.45) is 4.49. The van der Waals surface area contributed by atoms with E-state index in [1.165, 1.54) is 10.5 Å². The van der Waals surface area contributed by atoms with Gasteiger partial charge < -0.3 is 10.2 Å². The number of nitrogens with zero attached hydrogens (tertiary/aromatic N) is 3. The van der Waals surface area contributed by atoms with E-state index in [-0.39, 0.29) is 30.8 Å². The van der Waals surface area contributed by atoms with E-state index in [0.29, 0.717) is 19.4 Å². The minimum Gasteiger partial charge on any atom is -0.341 e. The molecule has 0 unspecified atom stereocenters. The Kier molecular flexibility index (Phi) is 5.85. The third-order valence-electron chi connectivity index (χ3n) is 6.44. The van der Waals surface area contributed by atoms with Crippen molar-refractivity contribution in [3.8, 4) is 0 Å². The predicted octanol–water partition coefficient (Wildman–Crippen LogP) is 1.98. The summed E-state index contributed by atoms with van der Waals surface area (Å²) < 4.78 is 0. The Morgan fingerprint density at radius 2 is 1.72 bits per heavy atom. The van der Waals surface area contributed by atoms with Gasteiger partial charge in [-0.25, -0.2) is 4.79 Å². The van der Waals surface area contributed by atoms with Gasteiger partial charge in [-0.2, -0.15) is 0 Å². The van der Waals surface area contributed by atoms with Crippen LogP contribution in [0.2, 0.25) is 0 Å². The molecule has 1 N–H and O–H groups in total. The summed E-state index contributed by atoms with van der Waals surface area (Å²) in [6, 6.07) is 10.0. The molecule has 29 heavy (non-hydrogen) atoms. The highest BCUT2D eigenvalue weighted by molar-refractivity contribution is 6.07. The Hall–Kier alpha value is -2.41. The average molecular weight is 399 g/mol. The SMILES string of the molecule is O=C(CCN1C(=O)NC2(CCCC2)C1=O)N1CCCN(Cc2ccccc2)CC1. The van der Waals surface area contributed by atoms with Gasteiger partial charge in [0.25, 0.3) is 5.91 Å². The van der Waals surface area contributed by atoms with Crippen molar-refractivity contribution in [1.82, 2.24) is 20.0 Å². The number of amides is 4. The predicted molar refractivity (Wildman–Crippen MR) is 109 cm³/mol. The number of hydrogen-bond donors (Lipinski definition) is 1. The first-order chi connectivity index (χ1) is 14.1. The largest absolute Gasteiger partial charge is 0.341 e. The van der Waals surface area contributed by atoms with Crippen LogP contribution < -0.4 is 5.32 Å². The first-order valence-corrected chi connectivity index (χ1v) is 10.8. The highest BCUT2D eigenvalue weighted by Gasteiger charge is 2.52. The molecule has 3 aliphatic rings. The first-order valence-electron chi connectivity index (χ1n) is 10.8. The second-order valence-electron chi connectivity index (χ2n) is 8.42. The van der Waals surface area contributed by atoms with Gasteiger partial charge in [0.2, 0.25) is 5.91 Å². The summed E-state index contributed by atoms with van der Waals surface area (Å²) >= 11 is 0. The van der Waals surface area contributed by atoms with Gasteiger partial charge in [0.1, 0.15) is 5.54 Å². The number of imide groups is 1. The second-order valence-corrected chi connectivity index (χ2v) is 8.42. The summed E-state index contributed by atoms with van der Waals surface area (Å²) in [5, 5.41) is 2.88. The van der Waals surface area contributed by atoms with Crippen LogP contribution in [0.15, 0.2) is 30.3 Å². The third-order valence-corrected chi connectivity index (χ3v) is 6.44. The number of nitrogens with one attached hydrogen (secondary N) is 1. The van der Waals surface area contributed by atoms with Gasteiger partial charge >= 0.3 is 6.03 Å². The molecule has 0 radical (unpaired) electrons. The lowest BCUT2D eigenvalue weighted by Crippen LogP contribution is -2.44. The molecular formula is C22H30N4O3. The third kappa shape index (κ3) is 4.29. The number of urea groups is 1. The molecule has 1 aromatic rings. The van der Waals surface area contributed by atoms with Gasteiger partial charge in [-0.15, -0.1) is 0 Å². The van der Waals surface area contributed by atoms with Crippen LogP contribution in [0.1, 0.15) is 44.1 Å². The van der Waals surface area contributed by atoms with Crippen LogP contribution in [-0.4, -0.2) is 70.8 Å². The van der Waals surface area contributed by atoms with Gasteiger partial charge in [0.15, 0.2) is 0 Å². The maximum atomic E-state index is 12.7. The number of hydrogen-bond acceptors (Lipinski definition) is 4. The minimum absolute atomic E-state index is 0.0273. The molecule has 2 aliphatic heterocycles. The van der Waals surface area contributed by atoms with Crippen molar-refractivity contribution in [2.24, 2.45) is 0 Å². The van der Waals surface area contributed by atoms with Crippen LogP contribution in [0, 0.1) is 0 Å². The van der Waals surface area contributed by atoms with Crippen LogP contribution in [-0.2, 0) is 16.1 Å². The standard InChI is InChI=1S/C22H30N4O3/c27-19(9-14-26-20(28)22(23-21(26)29)10-4-5-11-22)25-13-6-12-24(15-16-25)17-18-7-2-1-3-8-18/h1-3,7-8H,4-6,9-17H2,(H,23,29). The van der Waals surface area contributed by atoms with Crippen LogP contribution >= 0.6 is 0 Å². The lowest BCUT2D eigenvalue weighted by atomic mass is 9.98. The number of carbonyl (C=O) groups excluding carboxylic acids is 3. The Bertz CT molecular complexity index is 761. The zero-order chi connectivity index (χ0) is 20.3. The van der Waals surface area contributed by atoms with Gasteiger partial charge in [-0.3, -0.25) is 19.4 Å². The molecule has 2 heterocycles. The number of benzene rings is 1. The molecule has 7 heteroatoms. The number of carbonyl (C=O) groups is 3. The molecule has 156 valence electrons. The van der Waals surface area contributed by atoms with Crippen LogP contribution in [0.3, 0.4) is 0 Å². The molecule has 1 spiro atoms. The highest BCUT2D eigenvalue weighted by Crippen LogP contribution is 2.35. The van der Waals surface area contributed by atoms with Crippen molar-refractivity contribution in [3.63, 3.8) is 0 Å². The molecule has 3 fully saturated rings. The first kappa shape index (κ1) is 19.9. The Labute approximate surface area is 172 Å². The summed E-state index contributed by atoms with van der Waals surface area (Å²) in [5.74, 6) is -0.114. The number of rotatable bonds is 5. The van der Waals surface area contributed by atoms with E-state index in [9.17, 15) is 14.4 Å². The smallest absolute Gasteiger partial charge is 0.325 e. The fourth-order valence-corrected chi connectivity index (χ4v) is 4.78. The molecule has 1 aliphatic carbocycles. The van der Waals surface area contributed by atoms with Crippen molar-refractivity contribution in [2.75, 3.05) is 32.7 Å². The molecular weight excluding hydrogens is 368 g/mol. The summed E-state index contributed by atoms with van der Waals surface area (Å²) in [6.45, 7) is 4.30. The van der Waals surface area contributed by atoms with Crippen LogP contribution in [0.25, 0.3) is 0 Å². The quantitative estimate of drug-likeness (QED) is 0.770.